The average Bonchev–Trinajstić information content (AvgIpc) is 2.72. The van der Waals surface area contributed by atoms with Gasteiger partial charge >= 0.3 is 17.8 Å². The zero-order valence-corrected chi connectivity index (χ0v) is 17.0. The first-order chi connectivity index (χ1) is 14.7. The van der Waals surface area contributed by atoms with Gasteiger partial charge in [-0.15, -0.1) is 0 Å². The van der Waals surface area contributed by atoms with Crippen LogP contribution in [0.5, 0.6) is 0 Å². The molecular weight excluding hydrogens is 435 g/mol. The van der Waals surface area contributed by atoms with Gasteiger partial charge in [-0.05, 0) is 43.2 Å². The molecule has 3 rings (SSSR count). The molecular formula is C21H17ClF3N3O3. The maximum absolute atomic E-state index is 12.8. The molecule has 0 spiro atoms. The summed E-state index contributed by atoms with van der Waals surface area (Å²) in [5.74, 6) is -0.266. The Morgan fingerprint density at radius 1 is 1.13 bits per heavy atom. The number of carbonyl (C=O) groups is 1. The van der Waals surface area contributed by atoms with Crippen LogP contribution in [0.15, 0.2) is 47.3 Å². The number of aromatic nitrogens is 3. The molecule has 0 aliphatic rings. The lowest BCUT2D eigenvalue weighted by molar-refractivity contribution is -0.143. The fraction of sp³-hybridized carbons (Fsp3) is 0.238. The fourth-order valence-electron chi connectivity index (χ4n) is 2.84. The molecule has 0 aliphatic heterocycles. The standard InChI is InChI=1S/C21H17ClF3N3O3/c1-2-31-17(29)10-4-12-3-9-16(22)15(11-12)19-26-18(27-20(30)28-19)13-5-7-14(8-6-13)21(23,24)25/h3,5-9,11H,2,4,10H2,1H3,(H,26,27,28,30). The Kier molecular flexibility index (Phi) is 6.74. The van der Waals surface area contributed by atoms with Gasteiger partial charge in [0.1, 0.15) is 5.82 Å². The van der Waals surface area contributed by atoms with E-state index < -0.39 is 17.4 Å². The number of hydrogen-bond donors (Lipinski definition) is 1. The second kappa shape index (κ2) is 9.30. The van der Waals surface area contributed by atoms with Crippen LogP contribution in [0.2, 0.25) is 5.02 Å². The lowest BCUT2D eigenvalue weighted by Gasteiger charge is -2.09. The highest BCUT2D eigenvalue weighted by molar-refractivity contribution is 6.33. The number of H-pyrrole nitrogens is 1. The Balaban J connectivity index is 1.93. The van der Waals surface area contributed by atoms with Gasteiger partial charge in [-0.1, -0.05) is 29.8 Å². The molecule has 1 heterocycles. The molecule has 2 aromatic carbocycles. The molecule has 31 heavy (non-hydrogen) atoms. The van der Waals surface area contributed by atoms with Crippen molar-refractivity contribution in [2.75, 3.05) is 6.61 Å². The number of aryl methyl sites for hydroxylation is 1. The van der Waals surface area contributed by atoms with E-state index >= 15 is 0 Å². The number of aromatic amines is 1. The number of carbonyl (C=O) groups excluding carboxylic acids is 1. The molecule has 0 unspecified atom stereocenters. The van der Waals surface area contributed by atoms with E-state index in [9.17, 15) is 22.8 Å². The molecule has 0 fully saturated rings. The maximum Gasteiger partial charge on any atom is 0.416 e. The van der Waals surface area contributed by atoms with Gasteiger partial charge < -0.3 is 4.74 Å². The van der Waals surface area contributed by atoms with Crippen LogP contribution in [0.1, 0.15) is 24.5 Å². The van der Waals surface area contributed by atoms with Crippen molar-refractivity contribution < 1.29 is 22.7 Å². The molecule has 1 aromatic heterocycles. The van der Waals surface area contributed by atoms with Gasteiger partial charge in [-0.3, -0.25) is 9.78 Å². The molecule has 0 saturated heterocycles. The zero-order chi connectivity index (χ0) is 22.6. The molecule has 0 radical (unpaired) electrons. The Morgan fingerprint density at radius 2 is 1.84 bits per heavy atom. The van der Waals surface area contributed by atoms with Crippen molar-refractivity contribution in [3.8, 4) is 22.8 Å². The fourth-order valence-corrected chi connectivity index (χ4v) is 3.05. The van der Waals surface area contributed by atoms with E-state index in [0.29, 0.717) is 23.6 Å². The minimum Gasteiger partial charge on any atom is -0.466 e. The van der Waals surface area contributed by atoms with E-state index in [4.69, 9.17) is 16.3 Å². The van der Waals surface area contributed by atoms with Crippen LogP contribution >= 0.6 is 11.6 Å². The van der Waals surface area contributed by atoms with E-state index in [1.807, 2.05) is 0 Å². The molecule has 0 aliphatic carbocycles. The molecule has 0 bridgehead atoms. The third kappa shape index (κ3) is 5.69. The first kappa shape index (κ1) is 22.5. The SMILES string of the molecule is CCOC(=O)CCc1ccc(Cl)c(-c2nc(-c3ccc(C(F)(F)F)cc3)nc(=O)[nH]2)c1. The highest BCUT2D eigenvalue weighted by atomic mass is 35.5. The van der Waals surface area contributed by atoms with Gasteiger partial charge in [0, 0.05) is 17.5 Å². The van der Waals surface area contributed by atoms with Crippen molar-refractivity contribution >= 4 is 17.6 Å². The molecule has 3 aromatic rings. The van der Waals surface area contributed by atoms with E-state index in [0.717, 1.165) is 17.7 Å². The summed E-state index contributed by atoms with van der Waals surface area (Å²) in [6.45, 7) is 2.01. The second-order valence-corrected chi connectivity index (χ2v) is 6.93. The number of hydrogen-bond acceptors (Lipinski definition) is 5. The predicted molar refractivity (Wildman–Crippen MR) is 108 cm³/mol. The van der Waals surface area contributed by atoms with E-state index in [-0.39, 0.29) is 29.6 Å². The molecule has 10 heteroatoms. The monoisotopic (exact) mass is 451 g/mol. The summed E-state index contributed by atoms with van der Waals surface area (Å²) in [5.41, 5.74) is -0.139. The maximum atomic E-state index is 12.8. The number of rotatable bonds is 6. The van der Waals surface area contributed by atoms with Crippen LogP contribution in [0.3, 0.4) is 0 Å². The molecule has 0 atom stereocenters. The van der Waals surface area contributed by atoms with Crippen molar-refractivity contribution in [2.45, 2.75) is 25.9 Å². The summed E-state index contributed by atoms with van der Waals surface area (Å²) in [6.07, 6.45) is -3.91. The van der Waals surface area contributed by atoms with Crippen LogP contribution in [-0.2, 0) is 22.1 Å². The van der Waals surface area contributed by atoms with Crippen LogP contribution in [0, 0.1) is 0 Å². The summed E-state index contributed by atoms with van der Waals surface area (Å²) >= 11 is 6.27. The van der Waals surface area contributed by atoms with Crippen LogP contribution in [0.25, 0.3) is 22.8 Å². The Bertz CT molecular complexity index is 1150. The molecule has 6 nitrogen and oxygen atoms in total. The third-order valence-corrected chi connectivity index (χ3v) is 4.66. The van der Waals surface area contributed by atoms with Crippen molar-refractivity contribution in [2.24, 2.45) is 0 Å². The van der Waals surface area contributed by atoms with Crippen LogP contribution in [0.4, 0.5) is 13.2 Å². The van der Waals surface area contributed by atoms with E-state index in [1.54, 1.807) is 25.1 Å². The number of nitrogens with zero attached hydrogens (tertiary/aromatic N) is 2. The molecule has 1 N–H and O–H groups in total. The van der Waals surface area contributed by atoms with Crippen molar-refractivity contribution in [3.05, 3.63) is 69.1 Å². The number of nitrogens with one attached hydrogen (secondary N) is 1. The average molecular weight is 452 g/mol. The van der Waals surface area contributed by atoms with Gasteiger partial charge in [0.15, 0.2) is 5.82 Å². The van der Waals surface area contributed by atoms with Crippen molar-refractivity contribution in [3.63, 3.8) is 0 Å². The third-order valence-electron chi connectivity index (χ3n) is 4.33. The van der Waals surface area contributed by atoms with Crippen LogP contribution in [-0.4, -0.2) is 27.5 Å². The van der Waals surface area contributed by atoms with Crippen molar-refractivity contribution in [1.29, 1.82) is 0 Å². The van der Waals surface area contributed by atoms with Gasteiger partial charge in [0.25, 0.3) is 0 Å². The van der Waals surface area contributed by atoms with Gasteiger partial charge in [-0.25, -0.2) is 9.78 Å². The summed E-state index contributed by atoms with van der Waals surface area (Å²) in [7, 11) is 0. The normalized spacial score (nSPS) is 11.4. The highest BCUT2D eigenvalue weighted by Crippen LogP contribution is 2.31. The number of esters is 1. The first-order valence-electron chi connectivity index (χ1n) is 9.28. The van der Waals surface area contributed by atoms with Crippen molar-refractivity contribution in [1.82, 2.24) is 15.0 Å². The van der Waals surface area contributed by atoms with Gasteiger partial charge in [0.05, 0.1) is 17.2 Å². The molecule has 162 valence electrons. The van der Waals surface area contributed by atoms with E-state index in [2.05, 4.69) is 15.0 Å². The zero-order valence-electron chi connectivity index (χ0n) is 16.3. The number of halogens is 4. The van der Waals surface area contributed by atoms with Crippen LogP contribution < -0.4 is 5.69 Å². The Hall–Kier alpha value is -3.20. The quantitative estimate of drug-likeness (QED) is 0.551. The Morgan fingerprint density at radius 3 is 2.48 bits per heavy atom. The number of ether oxygens (including phenoxy) is 1. The molecule has 0 amide bonds. The minimum atomic E-state index is -4.48. The lowest BCUT2D eigenvalue weighted by Crippen LogP contribution is -2.14. The first-order valence-corrected chi connectivity index (χ1v) is 9.65. The van der Waals surface area contributed by atoms with Gasteiger partial charge in [0.2, 0.25) is 0 Å². The topological polar surface area (TPSA) is 84.9 Å². The number of benzene rings is 2. The summed E-state index contributed by atoms with van der Waals surface area (Å²) in [5, 5.41) is 0.299. The largest absolute Gasteiger partial charge is 0.466 e. The highest BCUT2D eigenvalue weighted by Gasteiger charge is 2.30. The summed E-state index contributed by atoms with van der Waals surface area (Å²) < 4.78 is 43.2. The summed E-state index contributed by atoms with van der Waals surface area (Å²) in [6, 6.07) is 9.19. The lowest BCUT2D eigenvalue weighted by atomic mass is 10.1. The van der Waals surface area contributed by atoms with Gasteiger partial charge in [-0.2, -0.15) is 18.2 Å². The smallest absolute Gasteiger partial charge is 0.416 e. The minimum absolute atomic E-state index is 0.0412. The molecule has 0 saturated carbocycles. The second-order valence-electron chi connectivity index (χ2n) is 6.52. The summed E-state index contributed by atoms with van der Waals surface area (Å²) in [4.78, 5) is 34.2. The van der Waals surface area contributed by atoms with E-state index in [1.165, 1.54) is 12.1 Å². The number of alkyl halides is 3. The predicted octanol–water partition coefficient (Wildman–Crippen LogP) is 4.67. The Labute approximate surface area is 180 Å².